The fourth-order valence-electron chi connectivity index (χ4n) is 4.15. The first-order valence-electron chi connectivity index (χ1n) is 11.4. The van der Waals surface area contributed by atoms with Gasteiger partial charge in [0.05, 0.1) is 11.4 Å². The number of pyridine rings is 2. The average Bonchev–Trinajstić information content (AvgIpc) is 2.86. The number of anilines is 1. The molecule has 0 bridgehead atoms. The second-order valence-corrected chi connectivity index (χ2v) is 9.43. The first-order chi connectivity index (χ1) is 17.6. The van der Waals surface area contributed by atoms with E-state index >= 15 is 0 Å². The predicted octanol–water partition coefficient (Wildman–Crippen LogP) is 7.09. The molecule has 1 N–H and O–H groups in total. The van der Waals surface area contributed by atoms with Gasteiger partial charge in [-0.15, -0.1) is 0 Å². The van der Waals surface area contributed by atoms with E-state index in [0.717, 1.165) is 5.56 Å². The van der Waals surface area contributed by atoms with Gasteiger partial charge in [-0.1, -0.05) is 47.5 Å². The lowest BCUT2D eigenvalue weighted by Crippen LogP contribution is -2.33. The number of rotatable bonds is 6. The topological polar surface area (TPSA) is 58.1 Å². The van der Waals surface area contributed by atoms with Gasteiger partial charge in [0.25, 0.3) is 5.91 Å². The number of carbonyl (C=O) groups excluding carboxylic acids is 1. The van der Waals surface area contributed by atoms with E-state index in [1.807, 2.05) is 36.4 Å². The van der Waals surface area contributed by atoms with Crippen LogP contribution in [0.15, 0.2) is 54.7 Å². The van der Waals surface area contributed by atoms with Gasteiger partial charge in [-0.2, -0.15) is 17.6 Å². The van der Waals surface area contributed by atoms with E-state index in [0.29, 0.717) is 43.6 Å². The quantitative estimate of drug-likeness (QED) is 0.262. The Balaban J connectivity index is 1.49. The molecule has 3 heterocycles. The molecule has 3 aromatic rings. The average molecular weight is 553 g/mol. The summed E-state index contributed by atoms with van der Waals surface area (Å²) in [7, 11) is 0. The molecular formula is C26H22Cl2F4N4O. The van der Waals surface area contributed by atoms with Crippen LogP contribution in [0.5, 0.6) is 0 Å². The number of halogens is 6. The second-order valence-electron chi connectivity index (χ2n) is 8.61. The summed E-state index contributed by atoms with van der Waals surface area (Å²) in [6, 6.07) is 10.7. The van der Waals surface area contributed by atoms with Gasteiger partial charge in [0, 0.05) is 29.2 Å². The Morgan fingerprint density at radius 1 is 1.11 bits per heavy atom. The highest BCUT2D eigenvalue weighted by Gasteiger charge is 2.37. The van der Waals surface area contributed by atoms with Crippen molar-refractivity contribution in [2.45, 2.75) is 24.9 Å². The van der Waals surface area contributed by atoms with Gasteiger partial charge < -0.3 is 5.32 Å². The molecule has 1 fully saturated rings. The summed E-state index contributed by atoms with van der Waals surface area (Å²) in [4.78, 5) is 22.4. The maximum atomic E-state index is 14.4. The lowest BCUT2D eigenvalue weighted by atomic mass is 9.91. The summed E-state index contributed by atoms with van der Waals surface area (Å²) >= 11 is 11.7. The largest absolute Gasteiger partial charge is 0.420 e. The van der Waals surface area contributed by atoms with Crippen molar-refractivity contribution in [2.24, 2.45) is 0 Å². The van der Waals surface area contributed by atoms with Gasteiger partial charge in [0.15, 0.2) is 0 Å². The first kappa shape index (κ1) is 27.0. The fourth-order valence-corrected chi connectivity index (χ4v) is 4.45. The standard InChI is InChI=1S/C26H22Cl2F4N4O/c27-19-5-3-16(4-6-19)2-1-11-36-12-8-17(9-13-36)23-21(15-20(24(29)35-23)26(30,31)32)34-25(37)18-7-10-33-22(28)14-18/h1-7,10,14-15,17H,8-9,11-13H2,(H,34,37). The highest BCUT2D eigenvalue weighted by atomic mass is 35.5. The number of hydrogen-bond acceptors (Lipinski definition) is 4. The number of amides is 1. The maximum Gasteiger partial charge on any atom is 0.420 e. The lowest BCUT2D eigenvalue weighted by molar-refractivity contribution is -0.140. The molecule has 0 spiro atoms. The van der Waals surface area contributed by atoms with Crippen LogP contribution in [0.2, 0.25) is 10.2 Å². The molecule has 0 unspecified atom stereocenters. The van der Waals surface area contributed by atoms with Crippen LogP contribution in [-0.4, -0.2) is 40.4 Å². The minimum Gasteiger partial charge on any atom is -0.320 e. The maximum absolute atomic E-state index is 14.4. The smallest absolute Gasteiger partial charge is 0.320 e. The van der Waals surface area contributed by atoms with E-state index in [-0.39, 0.29) is 28.0 Å². The second kappa shape index (κ2) is 11.6. The molecule has 1 aromatic carbocycles. The van der Waals surface area contributed by atoms with Crippen molar-refractivity contribution in [3.8, 4) is 0 Å². The van der Waals surface area contributed by atoms with Gasteiger partial charge in [0.1, 0.15) is 10.7 Å². The van der Waals surface area contributed by atoms with Crippen LogP contribution < -0.4 is 5.32 Å². The molecule has 1 aliphatic heterocycles. The number of alkyl halides is 3. The van der Waals surface area contributed by atoms with E-state index in [9.17, 15) is 22.4 Å². The molecule has 37 heavy (non-hydrogen) atoms. The highest BCUT2D eigenvalue weighted by Crippen LogP contribution is 2.38. The molecule has 1 saturated heterocycles. The third-order valence-corrected chi connectivity index (χ3v) is 6.52. The van der Waals surface area contributed by atoms with Gasteiger partial charge in [-0.05, 0) is 61.8 Å². The van der Waals surface area contributed by atoms with Crippen LogP contribution in [0, 0.1) is 5.95 Å². The number of carbonyl (C=O) groups is 1. The van der Waals surface area contributed by atoms with Crippen molar-refractivity contribution in [3.05, 3.63) is 93.2 Å². The van der Waals surface area contributed by atoms with Crippen LogP contribution in [-0.2, 0) is 6.18 Å². The Hall–Kier alpha value is -3.01. The van der Waals surface area contributed by atoms with Crippen LogP contribution in [0.1, 0.15) is 45.9 Å². The van der Waals surface area contributed by atoms with Crippen LogP contribution in [0.25, 0.3) is 6.08 Å². The van der Waals surface area contributed by atoms with E-state index in [4.69, 9.17) is 23.2 Å². The predicted molar refractivity (Wildman–Crippen MR) is 135 cm³/mol. The van der Waals surface area contributed by atoms with Crippen molar-refractivity contribution in [1.29, 1.82) is 0 Å². The van der Waals surface area contributed by atoms with Crippen molar-refractivity contribution in [3.63, 3.8) is 0 Å². The first-order valence-corrected chi connectivity index (χ1v) is 12.2. The molecule has 0 saturated carbocycles. The van der Waals surface area contributed by atoms with Gasteiger partial charge in [-0.3, -0.25) is 9.69 Å². The zero-order valence-corrected chi connectivity index (χ0v) is 20.9. The zero-order chi connectivity index (χ0) is 26.6. The molecule has 194 valence electrons. The Morgan fingerprint density at radius 3 is 2.46 bits per heavy atom. The number of benzene rings is 1. The Labute approximate surface area is 221 Å². The Morgan fingerprint density at radius 2 is 1.81 bits per heavy atom. The zero-order valence-electron chi connectivity index (χ0n) is 19.4. The minimum absolute atomic E-state index is 0.0542. The molecule has 1 amide bonds. The number of piperidine rings is 1. The monoisotopic (exact) mass is 552 g/mol. The summed E-state index contributed by atoms with van der Waals surface area (Å²) in [6.07, 6.45) is 1.42. The summed E-state index contributed by atoms with van der Waals surface area (Å²) in [6.45, 7) is 1.94. The molecule has 2 aromatic heterocycles. The van der Waals surface area contributed by atoms with Crippen LogP contribution in [0.4, 0.5) is 23.2 Å². The van der Waals surface area contributed by atoms with E-state index < -0.39 is 23.6 Å². The van der Waals surface area contributed by atoms with Crippen molar-refractivity contribution >= 4 is 40.9 Å². The molecule has 0 aliphatic carbocycles. The third kappa shape index (κ3) is 7.06. The lowest BCUT2D eigenvalue weighted by Gasteiger charge is -2.32. The number of aromatic nitrogens is 2. The number of nitrogens with zero attached hydrogens (tertiary/aromatic N) is 3. The summed E-state index contributed by atoms with van der Waals surface area (Å²) in [5.41, 5.74) is -0.502. The molecule has 4 rings (SSSR count). The number of hydrogen-bond donors (Lipinski definition) is 1. The van der Waals surface area contributed by atoms with E-state index in [2.05, 4.69) is 20.2 Å². The van der Waals surface area contributed by atoms with Crippen molar-refractivity contribution in [1.82, 2.24) is 14.9 Å². The Bertz CT molecular complexity index is 1290. The molecular weight excluding hydrogens is 531 g/mol. The molecule has 11 heteroatoms. The Kier molecular flexibility index (Phi) is 8.46. The van der Waals surface area contributed by atoms with Crippen LogP contribution in [0.3, 0.4) is 0 Å². The highest BCUT2D eigenvalue weighted by molar-refractivity contribution is 6.30. The fraction of sp³-hybridized carbons (Fsp3) is 0.269. The molecule has 5 nitrogen and oxygen atoms in total. The van der Waals surface area contributed by atoms with Crippen molar-refractivity contribution < 1.29 is 22.4 Å². The van der Waals surface area contributed by atoms with Crippen molar-refractivity contribution in [2.75, 3.05) is 25.0 Å². The van der Waals surface area contributed by atoms with E-state index in [1.165, 1.54) is 18.3 Å². The van der Waals surface area contributed by atoms with E-state index in [1.54, 1.807) is 0 Å². The summed E-state index contributed by atoms with van der Waals surface area (Å²) in [5.74, 6) is -2.64. The minimum atomic E-state index is -4.96. The third-order valence-electron chi connectivity index (χ3n) is 6.07. The van der Waals surface area contributed by atoms with Crippen LogP contribution >= 0.6 is 23.2 Å². The SMILES string of the molecule is O=C(Nc1cc(C(F)(F)F)c(F)nc1C1CCN(CC=Cc2ccc(Cl)cc2)CC1)c1ccnc(Cl)c1. The molecule has 1 aliphatic rings. The normalized spacial score (nSPS) is 15.3. The number of likely N-dealkylation sites (tertiary alicyclic amines) is 1. The van der Waals surface area contributed by atoms with Gasteiger partial charge >= 0.3 is 6.18 Å². The number of nitrogens with one attached hydrogen (secondary N) is 1. The van der Waals surface area contributed by atoms with Gasteiger partial charge in [-0.25, -0.2) is 9.97 Å². The molecule has 0 atom stereocenters. The summed E-state index contributed by atoms with van der Waals surface area (Å²) < 4.78 is 54.6. The van der Waals surface area contributed by atoms with Gasteiger partial charge in [0.2, 0.25) is 5.95 Å². The molecule has 0 radical (unpaired) electrons. The summed E-state index contributed by atoms with van der Waals surface area (Å²) in [5, 5.41) is 3.18.